The van der Waals surface area contributed by atoms with E-state index >= 15 is 0 Å². The summed E-state index contributed by atoms with van der Waals surface area (Å²) in [4.78, 5) is 13.2. The van der Waals surface area contributed by atoms with Gasteiger partial charge in [0.2, 0.25) is 0 Å². The third-order valence-corrected chi connectivity index (χ3v) is 3.39. The van der Waals surface area contributed by atoms with Gasteiger partial charge in [0.05, 0.1) is 12.3 Å². The first-order valence-corrected chi connectivity index (χ1v) is 6.56. The van der Waals surface area contributed by atoms with Gasteiger partial charge in [-0.1, -0.05) is 0 Å². The van der Waals surface area contributed by atoms with Crippen molar-refractivity contribution in [3.05, 3.63) is 11.3 Å². The van der Waals surface area contributed by atoms with Gasteiger partial charge < -0.3 is 14.7 Å². The van der Waals surface area contributed by atoms with Crippen molar-refractivity contribution < 1.29 is 14.6 Å². The standard InChI is InChI=1S/C13H21N3O3/c1-9-11(13(17)18)12(16(3)14-9)15(2)6-7-19-8-10-4-5-10/h10H,4-8H2,1-3H3,(H,17,18). The topological polar surface area (TPSA) is 67.6 Å². The molecule has 1 heterocycles. The van der Waals surface area contributed by atoms with Gasteiger partial charge in [0.1, 0.15) is 11.4 Å². The molecule has 1 aromatic heterocycles. The fourth-order valence-electron chi connectivity index (χ4n) is 2.18. The molecule has 6 nitrogen and oxygen atoms in total. The van der Waals surface area contributed by atoms with Crippen LogP contribution >= 0.6 is 0 Å². The lowest BCUT2D eigenvalue weighted by Gasteiger charge is -2.20. The molecule has 0 aliphatic heterocycles. The molecule has 1 saturated carbocycles. The minimum absolute atomic E-state index is 0.271. The predicted octanol–water partition coefficient (Wildman–Crippen LogP) is 1.29. The number of nitrogens with zero attached hydrogens (tertiary/aromatic N) is 3. The van der Waals surface area contributed by atoms with Gasteiger partial charge >= 0.3 is 5.97 Å². The summed E-state index contributed by atoms with van der Waals surface area (Å²) < 4.78 is 7.19. The van der Waals surface area contributed by atoms with Gasteiger partial charge in [-0.3, -0.25) is 4.68 Å². The predicted molar refractivity (Wildman–Crippen MR) is 71.7 cm³/mol. The number of aromatic carboxylic acids is 1. The van der Waals surface area contributed by atoms with E-state index in [1.807, 2.05) is 11.9 Å². The molecule has 0 radical (unpaired) electrons. The third-order valence-electron chi connectivity index (χ3n) is 3.39. The summed E-state index contributed by atoms with van der Waals surface area (Å²) in [6, 6.07) is 0. The van der Waals surface area contributed by atoms with Crippen LogP contribution in [0.5, 0.6) is 0 Å². The number of rotatable bonds is 7. The van der Waals surface area contributed by atoms with Crippen molar-refractivity contribution in [2.24, 2.45) is 13.0 Å². The number of carboxylic acid groups (broad SMARTS) is 1. The summed E-state index contributed by atoms with van der Waals surface area (Å²) in [6.45, 7) is 3.80. The molecule has 2 rings (SSSR count). The second kappa shape index (κ2) is 5.61. The number of likely N-dealkylation sites (N-methyl/N-ethyl adjacent to an activating group) is 1. The number of hydrogen-bond donors (Lipinski definition) is 1. The van der Waals surface area contributed by atoms with Crippen LogP contribution in [0.15, 0.2) is 0 Å². The fraction of sp³-hybridized carbons (Fsp3) is 0.692. The Labute approximate surface area is 113 Å². The monoisotopic (exact) mass is 267 g/mol. The molecular weight excluding hydrogens is 246 g/mol. The Kier molecular flexibility index (Phi) is 4.09. The number of carbonyl (C=O) groups is 1. The first-order valence-electron chi connectivity index (χ1n) is 6.56. The molecule has 1 aromatic rings. The molecule has 1 aliphatic carbocycles. The lowest BCUT2D eigenvalue weighted by atomic mass is 10.2. The van der Waals surface area contributed by atoms with Crippen molar-refractivity contribution in [1.82, 2.24) is 9.78 Å². The van der Waals surface area contributed by atoms with Crippen LogP contribution in [-0.4, -0.2) is 47.7 Å². The van der Waals surface area contributed by atoms with Gasteiger partial charge in [0, 0.05) is 27.2 Å². The highest BCUT2D eigenvalue weighted by Gasteiger charge is 2.23. The largest absolute Gasteiger partial charge is 0.477 e. The highest BCUT2D eigenvalue weighted by molar-refractivity contribution is 5.94. The van der Waals surface area contributed by atoms with E-state index in [1.165, 1.54) is 12.8 Å². The molecule has 0 spiro atoms. The maximum Gasteiger partial charge on any atom is 0.341 e. The quantitative estimate of drug-likeness (QED) is 0.754. The number of hydrogen-bond acceptors (Lipinski definition) is 4. The van der Waals surface area contributed by atoms with Gasteiger partial charge in [-0.15, -0.1) is 0 Å². The Bertz CT molecular complexity index is 466. The average molecular weight is 267 g/mol. The van der Waals surface area contributed by atoms with Gasteiger partial charge in [-0.25, -0.2) is 4.79 Å². The number of aromatic nitrogens is 2. The second-order valence-corrected chi connectivity index (χ2v) is 5.15. The number of aryl methyl sites for hydroxylation is 2. The van der Waals surface area contributed by atoms with Crippen LogP contribution in [0.25, 0.3) is 0 Å². The van der Waals surface area contributed by atoms with Gasteiger partial charge in [0.15, 0.2) is 0 Å². The van der Waals surface area contributed by atoms with Crippen LogP contribution in [0.3, 0.4) is 0 Å². The number of carboxylic acids is 1. The van der Waals surface area contributed by atoms with Crippen LogP contribution in [0.2, 0.25) is 0 Å². The van der Waals surface area contributed by atoms with E-state index in [9.17, 15) is 9.90 Å². The van der Waals surface area contributed by atoms with Gasteiger partial charge in [-0.05, 0) is 25.7 Å². The minimum atomic E-state index is -0.939. The third kappa shape index (κ3) is 3.26. The zero-order chi connectivity index (χ0) is 14.0. The molecule has 19 heavy (non-hydrogen) atoms. The van der Waals surface area contributed by atoms with Crippen molar-refractivity contribution in [2.75, 3.05) is 31.7 Å². The molecule has 0 saturated heterocycles. The second-order valence-electron chi connectivity index (χ2n) is 5.15. The summed E-state index contributed by atoms with van der Waals surface area (Å²) in [5.74, 6) is 0.435. The van der Waals surface area contributed by atoms with Gasteiger partial charge in [0.25, 0.3) is 0 Å². The van der Waals surface area contributed by atoms with Crippen molar-refractivity contribution in [3.8, 4) is 0 Å². The zero-order valence-electron chi connectivity index (χ0n) is 11.7. The summed E-state index contributed by atoms with van der Waals surface area (Å²) in [5.41, 5.74) is 0.808. The van der Waals surface area contributed by atoms with Crippen molar-refractivity contribution >= 4 is 11.8 Å². The Morgan fingerprint density at radius 2 is 2.26 bits per heavy atom. The Hall–Kier alpha value is -1.56. The maximum absolute atomic E-state index is 11.3. The molecule has 0 amide bonds. The van der Waals surface area contributed by atoms with Crippen LogP contribution < -0.4 is 4.90 Å². The smallest absolute Gasteiger partial charge is 0.341 e. The van der Waals surface area contributed by atoms with E-state index in [1.54, 1.807) is 18.7 Å². The van der Waals surface area contributed by atoms with Crippen LogP contribution in [0.4, 0.5) is 5.82 Å². The number of ether oxygens (including phenoxy) is 1. The van der Waals surface area contributed by atoms with E-state index < -0.39 is 5.97 Å². The van der Waals surface area contributed by atoms with Crippen LogP contribution in [0.1, 0.15) is 28.9 Å². The van der Waals surface area contributed by atoms with Gasteiger partial charge in [-0.2, -0.15) is 5.10 Å². The molecule has 6 heteroatoms. The molecular formula is C13H21N3O3. The molecule has 106 valence electrons. The molecule has 0 atom stereocenters. The average Bonchev–Trinajstić information content (AvgIpc) is 3.09. The zero-order valence-corrected chi connectivity index (χ0v) is 11.7. The number of anilines is 1. The fourth-order valence-corrected chi connectivity index (χ4v) is 2.18. The van der Waals surface area contributed by atoms with Crippen molar-refractivity contribution in [1.29, 1.82) is 0 Å². The van der Waals surface area contributed by atoms with E-state index in [2.05, 4.69) is 5.10 Å². The molecule has 0 bridgehead atoms. The molecule has 1 aliphatic rings. The lowest BCUT2D eigenvalue weighted by Crippen LogP contribution is -2.26. The maximum atomic E-state index is 11.3. The Morgan fingerprint density at radius 1 is 1.58 bits per heavy atom. The van der Waals surface area contributed by atoms with E-state index in [-0.39, 0.29) is 5.56 Å². The minimum Gasteiger partial charge on any atom is -0.477 e. The first-order chi connectivity index (χ1) is 9.00. The van der Waals surface area contributed by atoms with Crippen molar-refractivity contribution in [3.63, 3.8) is 0 Å². The summed E-state index contributed by atoms with van der Waals surface area (Å²) in [7, 11) is 3.62. The summed E-state index contributed by atoms with van der Waals surface area (Å²) >= 11 is 0. The molecule has 0 unspecified atom stereocenters. The molecule has 1 N–H and O–H groups in total. The van der Waals surface area contributed by atoms with E-state index in [0.29, 0.717) is 24.7 Å². The van der Waals surface area contributed by atoms with Crippen molar-refractivity contribution in [2.45, 2.75) is 19.8 Å². The van der Waals surface area contributed by atoms with E-state index in [0.717, 1.165) is 12.5 Å². The Balaban J connectivity index is 1.96. The lowest BCUT2D eigenvalue weighted by molar-refractivity contribution is 0.0696. The Morgan fingerprint density at radius 3 is 2.84 bits per heavy atom. The van der Waals surface area contributed by atoms with Crippen LogP contribution in [0, 0.1) is 12.8 Å². The SMILES string of the molecule is Cc1nn(C)c(N(C)CCOCC2CC2)c1C(=O)O. The highest BCUT2D eigenvalue weighted by Crippen LogP contribution is 2.28. The normalized spacial score (nSPS) is 14.7. The molecule has 0 aromatic carbocycles. The van der Waals surface area contributed by atoms with Crippen LogP contribution in [-0.2, 0) is 11.8 Å². The summed E-state index contributed by atoms with van der Waals surface area (Å²) in [5, 5.41) is 13.4. The highest BCUT2D eigenvalue weighted by atomic mass is 16.5. The summed E-state index contributed by atoms with van der Waals surface area (Å²) in [6.07, 6.45) is 2.56. The van der Waals surface area contributed by atoms with E-state index in [4.69, 9.17) is 4.74 Å². The first kappa shape index (κ1) is 13.9. The molecule has 1 fully saturated rings.